The number of ether oxygens (including phenoxy) is 1. The highest BCUT2D eigenvalue weighted by Crippen LogP contribution is 2.35. The number of nitro groups is 1. The van der Waals surface area contributed by atoms with Crippen LogP contribution in [0, 0.1) is 15.9 Å². The summed E-state index contributed by atoms with van der Waals surface area (Å²) in [5.41, 5.74) is 1.73. The van der Waals surface area contributed by atoms with Gasteiger partial charge in [0, 0.05) is 6.07 Å². The Balaban J connectivity index is 1.53. The standard InChI is InChI=1S/C18H14FN5O4/c19-13-3-1-12(2-4-13)8-22-9-14(20-21-22)10-23-16-6-5-15(24(26)27)7-17(16)28-11-18(23)25/h1-7,9H,8,10-11H2. The van der Waals surface area contributed by atoms with Crippen LogP contribution in [-0.4, -0.2) is 32.4 Å². The fraction of sp³-hybridized carbons (Fsp3) is 0.167. The molecule has 9 nitrogen and oxygen atoms in total. The number of carbonyl (C=O) groups excluding carboxylic acids is 1. The number of non-ortho nitro benzene ring substituents is 1. The summed E-state index contributed by atoms with van der Waals surface area (Å²) in [5.74, 6) is -0.324. The monoisotopic (exact) mass is 383 g/mol. The average Bonchev–Trinajstić information content (AvgIpc) is 3.12. The number of halogens is 1. The molecule has 2 heterocycles. The Morgan fingerprint density at radius 2 is 1.96 bits per heavy atom. The predicted molar refractivity (Wildman–Crippen MR) is 95.3 cm³/mol. The van der Waals surface area contributed by atoms with Crippen LogP contribution in [0.15, 0.2) is 48.7 Å². The summed E-state index contributed by atoms with van der Waals surface area (Å²) in [5, 5.41) is 19.0. The summed E-state index contributed by atoms with van der Waals surface area (Å²) in [4.78, 5) is 24.1. The quantitative estimate of drug-likeness (QED) is 0.495. The molecular formula is C18H14FN5O4. The molecule has 2 aromatic carbocycles. The Morgan fingerprint density at radius 1 is 1.18 bits per heavy atom. The van der Waals surface area contributed by atoms with Gasteiger partial charge in [0.05, 0.1) is 36.0 Å². The number of fused-ring (bicyclic) bond motifs is 1. The molecule has 0 atom stereocenters. The molecule has 0 radical (unpaired) electrons. The summed E-state index contributed by atoms with van der Waals surface area (Å²) in [6.45, 7) is 0.349. The fourth-order valence-corrected chi connectivity index (χ4v) is 2.91. The van der Waals surface area contributed by atoms with Gasteiger partial charge in [0.2, 0.25) is 0 Å². The molecule has 0 saturated heterocycles. The van der Waals surface area contributed by atoms with Crippen molar-refractivity contribution in [3.63, 3.8) is 0 Å². The minimum absolute atomic E-state index is 0.113. The zero-order valence-corrected chi connectivity index (χ0v) is 14.5. The SMILES string of the molecule is O=C1COc2cc([N+](=O)[O-])ccc2N1Cc1cn(Cc2ccc(F)cc2)nn1. The lowest BCUT2D eigenvalue weighted by Crippen LogP contribution is -2.38. The Hall–Kier alpha value is -3.82. The van der Waals surface area contributed by atoms with Gasteiger partial charge in [0.15, 0.2) is 12.4 Å². The molecule has 1 aliphatic heterocycles. The summed E-state index contributed by atoms with van der Waals surface area (Å²) in [6.07, 6.45) is 1.69. The molecule has 3 aromatic rings. The molecule has 0 N–H and O–H groups in total. The molecule has 0 spiro atoms. The number of carbonyl (C=O) groups is 1. The molecule has 142 valence electrons. The van der Waals surface area contributed by atoms with Crippen LogP contribution >= 0.6 is 0 Å². The number of hydrogen-bond donors (Lipinski definition) is 0. The molecule has 0 bridgehead atoms. The minimum atomic E-state index is -0.522. The lowest BCUT2D eigenvalue weighted by molar-refractivity contribution is -0.384. The molecule has 0 unspecified atom stereocenters. The first-order chi connectivity index (χ1) is 13.5. The molecule has 28 heavy (non-hydrogen) atoms. The van der Waals surface area contributed by atoms with Gasteiger partial charge in [-0.3, -0.25) is 19.8 Å². The molecule has 10 heteroatoms. The molecule has 1 aliphatic rings. The largest absolute Gasteiger partial charge is 0.481 e. The van der Waals surface area contributed by atoms with Gasteiger partial charge < -0.3 is 4.74 Å². The van der Waals surface area contributed by atoms with Gasteiger partial charge >= 0.3 is 0 Å². The van der Waals surface area contributed by atoms with E-state index in [1.54, 1.807) is 23.0 Å². The smallest absolute Gasteiger partial charge is 0.273 e. The maximum absolute atomic E-state index is 13.0. The molecule has 1 amide bonds. The minimum Gasteiger partial charge on any atom is -0.481 e. The second-order valence-corrected chi connectivity index (χ2v) is 6.21. The topological polar surface area (TPSA) is 103 Å². The van der Waals surface area contributed by atoms with Crippen molar-refractivity contribution in [3.8, 4) is 5.75 Å². The van der Waals surface area contributed by atoms with Crippen molar-refractivity contribution in [1.82, 2.24) is 15.0 Å². The number of hydrogen-bond acceptors (Lipinski definition) is 6. The van der Waals surface area contributed by atoms with Crippen molar-refractivity contribution in [2.45, 2.75) is 13.1 Å². The van der Waals surface area contributed by atoms with E-state index in [4.69, 9.17) is 4.74 Å². The summed E-state index contributed by atoms with van der Waals surface area (Å²) in [7, 11) is 0. The van der Waals surface area contributed by atoms with E-state index in [2.05, 4.69) is 10.3 Å². The van der Waals surface area contributed by atoms with Crippen molar-refractivity contribution in [3.05, 3.63) is 75.9 Å². The van der Waals surface area contributed by atoms with E-state index in [1.807, 2.05) is 0 Å². The normalized spacial score (nSPS) is 13.2. The van der Waals surface area contributed by atoms with Gasteiger partial charge in [0.1, 0.15) is 11.5 Å². The summed E-state index contributed by atoms with van der Waals surface area (Å²) >= 11 is 0. The lowest BCUT2D eigenvalue weighted by atomic mass is 10.2. The predicted octanol–water partition coefficient (Wildman–Crippen LogP) is 2.30. The molecule has 0 fully saturated rings. The number of anilines is 1. The Morgan fingerprint density at radius 3 is 2.71 bits per heavy atom. The van der Waals surface area contributed by atoms with Gasteiger partial charge in [-0.05, 0) is 23.8 Å². The number of rotatable bonds is 5. The average molecular weight is 383 g/mol. The molecule has 1 aromatic heterocycles. The van der Waals surface area contributed by atoms with E-state index < -0.39 is 4.92 Å². The van der Waals surface area contributed by atoms with Gasteiger partial charge in [-0.2, -0.15) is 0 Å². The maximum Gasteiger partial charge on any atom is 0.273 e. The van der Waals surface area contributed by atoms with Crippen LogP contribution in [0.4, 0.5) is 15.8 Å². The number of nitro benzene ring substituents is 1. The lowest BCUT2D eigenvalue weighted by Gasteiger charge is -2.28. The van der Waals surface area contributed by atoms with E-state index in [-0.39, 0.29) is 36.3 Å². The van der Waals surface area contributed by atoms with Crippen LogP contribution in [0.2, 0.25) is 0 Å². The van der Waals surface area contributed by atoms with Crippen LogP contribution in [-0.2, 0) is 17.9 Å². The molecule has 0 saturated carbocycles. The number of nitrogens with zero attached hydrogens (tertiary/aromatic N) is 5. The Bertz CT molecular complexity index is 1050. The highest BCUT2D eigenvalue weighted by molar-refractivity contribution is 5.97. The number of aromatic nitrogens is 3. The van der Waals surface area contributed by atoms with E-state index in [0.717, 1.165) is 5.56 Å². The maximum atomic E-state index is 13.0. The van der Waals surface area contributed by atoms with E-state index in [0.29, 0.717) is 17.9 Å². The van der Waals surface area contributed by atoms with Crippen LogP contribution in [0.5, 0.6) is 5.75 Å². The van der Waals surface area contributed by atoms with Gasteiger partial charge in [-0.1, -0.05) is 17.3 Å². The second-order valence-electron chi connectivity index (χ2n) is 6.21. The molecular weight excluding hydrogens is 369 g/mol. The first kappa shape index (κ1) is 17.6. The Labute approximate surface area is 158 Å². The van der Waals surface area contributed by atoms with E-state index in [9.17, 15) is 19.3 Å². The third-order valence-corrected chi connectivity index (χ3v) is 4.26. The molecule has 0 aliphatic carbocycles. The fourth-order valence-electron chi connectivity index (χ4n) is 2.91. The van der Waals surface area contributed by atoms with Gasteiger partial charge in [0.25, 0.3) is 11.6 Å². The van der Waals surface area contributed by atoms with Crippen LogP contribution in [0.1, 0.15) is 11.3 Å². The second kappa shape index (κ2) is 7.06. The van der Waals surface area contributed by atoms with Crippen molar-refractivity contribution in [2.75, 3.05) is 11.5 Å². The number of amides is 1. The third kappa shape index (κ3) is 3.52. The van der Waals surface area contributed by atoms with Crippen molar-refractivity contribution >= 4 is 17.3 Å². The highest BCUT2D eigenvalue weighted by atomic mass is 19.1. The summed E-state index contributed by atoms with van der Waals surface area (Å²) < 4.78 is 19.9. The van der Waals surface area contributed by atoms with E-state index in [1.165, 1.54) is 35.2 Å². The first-order valence-corrected chi connectivity index (χ1v) is 8.34. The van der Waals surface area contributed by atoms with Crippen LogP contribution < -0.4 is 9.64 Å². The zero-order valence-electron chi connectivity index (χ0n) is 14.5. The zero-order chi connectivity index (χ0) is 19.7. The van der Waals surface area contributed by atoms with Crippen molar-refractivity contribution in [2.24, 2.45) is 0 Å². The van der Waals surface area contributed by atoms with Crippen molar-refractivity contribution < 1.29 is 18.8 Å². The highest BCUT2D eigenvalue weighted by Gasteiger charge is 2.28. The third-order valence-electron chi connectivity index (χ3n) is 4.26. The van der Waals surface area contributed by atoms with Crippen molar-refractivity contribution in [1.29, 1.82) is 0 Å². The summed E-state index contributed by atoms with van der Waals surface area (Å²) in [6, 6.07) is 10.1. The van der Waals surface area contributed by atoms with Crippen LogP contribution in [0.25, 0.3) is 0 Å². The Kier molecular flexibility index (Phi) is 4.44. The van der Waals surface area contributed by atoms with E-state index >= 15 is 0 Å². The van der Waals surface area contributed by atoms with Crippen LogP contribution in [0.3, 0.4) is 0 Å². The number of benzene rings is 2. The van der Waals surface area contributed by atoms with Gasteiger partial charge in [-0.15, -0.1) is 5.10 Å². The van der Waals surface area contributed by atoms with Gasteiger partial charge in [-0.25, -0.2) is 9.07 Å². The first-order valence-electron chi connectivity index (χ1n) is 8.34. The molecule has 4 rings (SSSR count).